The van der Waals surface area contributed by atoms with Gasteiger partial charge in [0.1, 0.15) is 0 Å². The molecule has 5 nitrogen and oxygen atoms in total. The molecule has 0 aliphatic heterocycles. The molecular formula is C10H10N2O3. The van der Waals surface area contributed by atoms with E-state index in [1.165, 1.54) is 13.2 Å². The molecule has 2 rings (SSSR count). The van der Waals surface area contributed by atoms with Crippen LogP contribution >= 0.6 is 0 Å². The molecular weight excluding hydrogens is 196 g/mol. The molecule has 0 saturated carbocycles. The summed E-state index contributed by atoms with van der Waals surface area (Å²) in [7, 11) is 3.28. The summed E-state index contributed by atoms with van der Waals surface area (Å²) in [6.07, 6.45) is 0. The number of rotatable bonds is 2. The van der Waals surface area contributed by atoms with Crippen LogP contribution in [0.1, 0.15) is 10.4 Å². The first-order chi connectivity index (χ1) is 7.13. The highest BCUT2D eigenvalue weighted by atomic mass is 16.5. The Kier molecular flexibility index (Phi) is 2.07. The van der Waals surface area contributed by atoms with Crippen LogP contribution in [0.2, 0.25) is 0 Å². The standard InChI is InChI=1S/C10H10N2O3/c1-12-9(15-2)7-5-6(10(13)14)3-4-8(7)11-12/h3-5H,1-2H3,(H,13,14). The number of carboxylic acid groups (broad SMARTS) is 1. The first kappa shape index (κ1) is 9.51. The van der Waals surface area contributed by atoms with E-state index in [1.807, 2.05) is 0 Å². The number of aromatic carboxylic acids is 1. The van der Waals surface area contributed by atoms with E-state index in [2.05, 4.69) is 5.10 Å². The van der Waals surface area contributed by atoms with Gasteiger partial charge in [-0.1, -0.05) is 0 Å². The zero-order valence-electron chi connectivity index (χ0n) is 8.39. The van der Waals surface area contributed by atoms with Crippen LogP contribution < -0.4 is 4.74 Å². The molecule has 0 amide bonds. The fraction of sp³-hybridized carbons (Fsp3) is 0.200. The highest BCUT2D eigenvalue weighted by molar-refractivity contribution is 5.95. The molecule has 0 unspecified atom stereocenters. The van der Waals surface area contributed by atoms with Gasteiger partial charge < -0.3 is 9.84 Å². The van der Waals surface area contributed by atoms with E-state index in [9.17, 15) is 4.79 Å². The molecule has 0 aliphatic carbocycles. The summed E-state index contributed by atoms with van der Waals surface area (Å²) in [6, 6.07) is 4.75. The number of carbonyl (C=O) groups is 1. The van der Waals surface area contributed by atoms with Crippen LogP contribution in [0.3, 0.4) is 0 Å². The average molecular weight is 206 g/mol. The van der Waals surface area contributed by atoms with Crippen molar-refractivity contribution in [3.05, 3.63) is 23.8 Å². The third-order valence-electron chi connectivity index (χ3n) is 2.22. The van der Waals surface area contributed by atoms with Gasteiger partial charge in [-0.3, -0.25) is 0 Å². The molecule has 5 heteroatoms. The predicted molar refractivity (Wildman–Crippen MR) is 54.2 cm³/mol. The Morgan fingerprint density at radius 3 is 2.87 bits per heavy atom. The molecule has 1 aromatic carbocycles. The van der Waals surface area contributed by atoms with Crippen LogP contribution in [0.4, 0.5) is 0 Å². The Hall–Kier alpha value is -2.04. The Balaban J connectivity index is 2.73. The van der Waals surface area contributed by atoms with Gasteiger partial charge in [-0.15, -0.1) is 0 Å². The van der Waals surface area contributed by atoms with Crippen molar-refractivity contribution in [3.63, 3.8) is 0 Å². The fourth-order valence-electron chi connectivity index (χ4n) is 1.55. The second-order valence-corrected chi connectivity index (χ2v) is 3.17. The van der Waals surface area contributed by atoms with Crippen LogP contribution in [-0.4, -0.2) is 28.0 Å². The summed E-state index contributed by atoms with van der Waals surface area (Å²) < 4.78 is 6.72. The van der Waals surface area contributed by atoms with Gasteiger partial charge in [0.2, 0.25) is 5.88 Å². The Labute approximate surface area is 85.9 Å². The number of hydrogen-bond donors (Lipinski definition) is 1. The zero-order valence-corrected chi connectivity index (χ0v) is 8.39. The molecule has 78 valence electrons. The highest BCUT2D eigenvalue weighted by Gasteiger charge is 2.11. The van der Waals surface area contributed by atoms with Crippen molar-refractivity contribution in [2.45, 2.75) is 0 Å². The summed E-state index contributed by atoms with van der Waals surface area (Å²) in [5, 5.41) is 13.7. The Morgan fingerprint density at radius 1 is 1.53 bits per heavy atom. The van der Waals surface area contributed by atoms with E-state index < -0.39 is 5.97 Å². The lowest BCUT2D eigenvalue weighted by Crippen LogP contribution is -1.95. The normalized spacial score (nSPS) is 10.5. The minimum atomic E-state index is -0.956. The predicted octanol–water partition coefficient (Wildman–Crippen LogP) is 1.28. The van der Waals surface area contributed by atoms with Gasteiger partial charge in [0.15, 0.2) is 0 Å². The van der Waals surface area contributed by atoms with Crippen molar-refractivity contribution in [2.24, 2.45) is 7.05 Å². The number of nitrogens with zero attached hydrogens (tertiary/aromatic N) is 2. The molecule has 2 aromatic rings. The lowest BCUT2D eigenvalue weighted by Gasteiger charge is -1.99. The van der Waals surface area contributed by atoms with Gasteiger partial charge in [0.05, 0.1) is 23.6 Å². The molecule has 0 saturated heterocycles. The van der Waals surface area contributed by atoms with E-state index >= 15 is 0 Å². The van der Waals surface area contributed by atoms with Gasteiger partial charge in [0.25, 0.3) is 0 Å². The van der Waals surface area contributed by atoms with Crippen molar-refractivity contribution in [3.8, 4) is 5.88 Å². The maximum absolute atomic E-state index is 10.8. The maximum Gasteiger partial charge on any atom is 0.335 e. The highest BCUT2D eigenvalue weighted by Crippen LogP contribution is 2.25. The number of benzene rings is 1. The molecule has 15 heavy (non-hydrogen) atoms. The smallest absolute Gasteiger partial charge is 0.335 e. The lowest BCUT2D eigenvalue weighted by atomic mass is 10.1. The molecule has 0 aliphatic rings. The average Bonchev–Trinajstić information content (AvgIpc) is 2.51. The summed E-state index contributed by atoms with van der Waals surface area (Å²) in [5.41, 5.74) is 0.952. The van der Waals surface area contributed by atoms with Gasteiger partial charge in [-0.25, -0.2) is 9.48 Å². The minimum Gasteiger partial charge on any atom is -0.481 e. The fourth-order valence-corrected chi connectivity index (χ4v) is 1.55. The van der Waals surface area contributed by atoms with Crippen molar-refractivity contribution < 1.29 is 14.6 Å². The van der Waals surface area contributed by atoms with Crippen LogP contribution in [0, 0.1) is 0 Å². The first-order valence-electron chi connectivity index (χ1n) is 4.37. The molecule has 0 radical (unpaired) electrons. The van der Waals surface area contributed by atoms with Gasteiger partial charge in [0, 0.05) is 7.05 Å². The molecule has 0 atom stereocenters. The molecule has 1 N–H and O–H groups in total. The van der Waals surface area contributed by atoms with Crippen LogP contribution in [0.25, 0.3) is 10.9 Å². The molecule has 0 bridgehead atoms. The van der Waals surface area contributed by atoms with E-state index in [-0.39, 0.29) is 5.56 Å². The van der Waals surface area contributed by atoms with E-state index in [0.29, 0.717) is 11.3 Å². The third kappa shape index (κ3) is 1.41. The number of aryl methyl sites for hydroxylation is 1. The van der Waals surface area contributed by atoms with Crippen molar-refractivity contribution in [1.29, 1.82) is 0 Å². The van der Waals surface area contributed by atoms with Crippen molar-refractivity contribution in [2.75, 3.05) is 7.11 Å². The second-order valence-electron chi connectivity index (χ2n) is 3.17. The SMILES string of the molecule is COc1c2cc(C(=O)O)ccc2nn1C. The molecule has 0 spiro atoms. The maximum atomic E-state index is 10.8. The van der Waals surface area contributed by atoms with E-state index in [4.69, 9.17) is 9.84 Å². The number of carboxylic acids is 1. The van der Waals surface area contributed by atoms with Crippen LogP contribution in [0.5, 0.6) is 5.88 Å². The van der Waals surface area contributed by atoms with Crippen LogP contribution in [0.15, 0.2) is 18.2 Å². The quantitative estimate of drug-likeness (QED) is 0.803. The Morgan fingerprint density at radius 2 is 2.27 bits per heavy atom. The number of ether oxygens (including phenoxy) is 1. The van der Waals surface area contributed by atoms with Gasteiger partial charge in [-0.05, 0) is 18.2 Å². The Bertz CT molecular complexity index is 531. The van der Waals surface area contributed by atoms with E-state index in [0.717, 1.165) is 5.52 Å². The van der Waals surface area contributed by atoms with Crippen molar-refractivity contribution >= 4 is 16.9 Å². The molecule has 0 fully saturated rings. The number of aromatic nitrogens is 2. The molecule has 1 heterocycles. The van der Waals surface area contributed by atoms with Crippen molar-refractivity contribution in [1.82, 2.24) is 9.78 Å². The first-order valence-corrected chi connectivity index (χ1v) is 4.37. The minimum absolute atomic E-state index is 0.230. The zero-order chi connectivity index (χ0) is 11.0. The third-order valence-corrected chi connectivity index (χ3v) is 2.22. The lowest BCUT2D eigenvalue weighted by molar-refractivity contribution is 0.0697. The van der Waals surface area contributed by atoms with Crippen LogP contribution in [-0.2, 0) is 7.05 Å². The number of hydrogen-bond acceptors (Lipinski definition) is 3. The second kappa shape index (κ2) is 3.27. The largest absolute Gasteiger partial charge is 0.481 e. The summed E-state index contributed by atoms with van der Waals surface area (Å²) in [5.74, 6) is -0.393. The summed E-state index contributed by atoms with van der Waals surface area (Å²) in [4.78, 5) is 10.8. The number of methoxy groups -OCH3 is 1. The van der Waals surface area contributed by atoms with Gasteiger partial charge >= 0.3 is 5.97 Å². The summed E-state index contributed by atoms with van der Waals surface area (Å²) in [6.45, 7) is 0. The van der Waals surface area contributed by atoms with Gasteiger partial charge in [-0.2, -0.15) is 5.10 Å². The monoisotopic (exact) mass is 206 g/mol. The van der Waals surface area contributed by atoms with E-state index in [1.54, 1.807) is 23.9 Å². The topological polar surface area (TPSA) is 64.3 Å². The summed E-state index contributed by atoms with van der Waals surface area (Å²) >= 11 is 0. The number of fused-ring (bicyclic) bond motifs is 1. The molecule has 1 aromatic heterocycles.